The Hall–Kier alpha value is 1.45. The zero-order valence-electron chi connectivity index (χ0n) is 5.75. The van der Waals surface area contributed by atoms with Crippen molar-refractivity contribution in [1.82, 2.24) is 0 Å². The van der Waals surface area contributed by atoms with E-state index in [9.17, 15) is 9.13 Å². The molecule has 0 heterocycles. The zero-order valence-corrected chi connectivity index (χ0v) is 11.4. The summed E-state index contributed by atoms with van der Waals surface area (Å²) in [6, 6.07) is 0. The van der Waals surface area contributed by atoms with Gasteiger partial charge in [0, 0.05) is 0 Å². The second-order valence-electron chi connectivity index (χ2n) is 1.36. The van der Waals surface area contributed by atoms with E-state index in [1.165, 1.54) is 0 Å². The van der Waals surface area contributed by atoms with Crippen LogP contribution < -0.4 is 0 Å². The van der Waals surface area contributed by atoms with E-state index < -0.39 is 22.5 Å². The second-order valence-corrected chi connectivity index (χ2v) is 10.9. The summed E-state index contributed by atoms with van der Waals surface area (Å²) >= 11 is 19.1. The van der Waals surface area contributed by atoms with Crippen LogP contribution in [0, 0.1) is 0 Å². The molecule has 14 heteroatoms. The summed E-state index contributed by atoms with van der Waals surface area (Å²) in [5.41, 5.74) is 0. The van der Waals surface area contributed by atoms with E-state index in [0.717, 1.165) is 0 Å². The van der Waals surface area contributed by atoms with Gasteiger partial charge in [-0.25, -0.2) is 4.31 Å². The molecule has 0 spiro atoms. The molecular formula is H2Cl4O7P2S. The Balaban J connectivity index is 0. The molecule has 88 valence electrons. The second kappa shape index (κ2) is 6.25. The van der Waals surface area contributed by atoms with Gasteiger partial charge in [0.25, 0.3) is 0 Å². The quantitative estimate of drug-likeness (QED) is 0.578. The topological polar surface area (TPSA) is 118 Å². The van der Waals surface area contributed by atoms with Crippen molar-refractivity contribution in [3.05, 3.63) is 0 Å². The van der Waals surface area contributed by atoms with Crippen LogP contribution in [0.15, 0.2) is 0 Å². The van der Waals surface area contributed by atoms with E-state index in [1.54, 1.807) is 0 Å². The van der Waals surface area contributed by atoms with Crippen molar-refractivity contribution in [2.75, 3.05) is 0 Å². The summed E-state index contributed by atoms with van der Waals surface area (Å²) in [6.07, 6.45) is -7.74. The molecule has 0 rings (SSSR count). The van der Waals surface area contributed by atoms with E-state index >= 15 is 0 Å². The Kier molecular flexibility index (Phi) is 7.96. The van der Waals surface area contributed by atoms with Crippen LogP contribution in [0.5, 0.6) is 0 Å². The number of rotatable bonds is 2. The maximum Gasteiger partial charge on any atom is 0.394 e. The smallest absolute Gasteiger partial charge is 0.264 e. The zero-order chi connectivity index (χ0) is 12.2. The third-order valence-corrected chi connectivity index (χ3v) is 3.93. The Morgan fingerprint density at radius 3 is 1.07 bits per heavy atom. The van der Waals surface area contributed by atoms with Gasteiger partial charge in [-0.3, -0.25) is 18.2 Å². The Bertz CT molecular complexity index is 318. The van der Waals surface area contributed by atoms with Crippen molar-refractivity contribution >= 4 is 67.5 Å². The van der Waals surface area contributed by atoms with Crippen LogP contribution in [0.3, 0.4) is 0 Å². The van der Waals surface area contributed by atoms with Crippen molar-refractivity contribution in [3.8, 4) is 0 Å². The van der Waals surface area contributed by atoms with Crippen LogP contribution in [0.25, 0.3) is 0 Å². The fourth-order valence-electron chi connectivity index (χ4n) is 0.111. The molecule has 0 saturated heterocycles. The lowest BCUT2D eigenvalue weighted by Crippen LogP contribution is -1.89. The summed E-state index contributed by atoms with van der Waals surface area (Å²) in [5, 5.41) is 0. The highest BCUT2D eigenvalue weighted by Crippen LogP contribution is 2.74. The minimum absolute atomic E-state index is 3.80. The molecule has 0 aromatic heterocycles. The molecule has 0 aromatic rings. The molecule has 2 N–H and O–H groups in total. The van der Waals surface area contributed by atoms with Crippen molar-refractivity contribution in [2.45, 2.75) is 0 Å². The Morgan fingerprint density at radius 2 is 1.07 bits per heavy atom. The molecule has 0 aromatic carbocycles. The first kappa shape index (κ1) is 17.8. The maximum absolute atomic E-state index is 10.2. The van der Waals surface area contributed by atoms with Crippen LogP contribution in [-0.4, -0.2) is 17.5 Å². The molecule has 0 saturated carbocycles. The largest absolute Gasteiger partial charge is 0.394 e. The van der Waals surface area contributed by atoms with Gasteiger partial charge in [-0.05, 0) is 45.0 Å². The highest BCUT2D eigenvalue weighted by atomic mass is 35.9. The predicted molar refractivity (Wildman–Crippen MR) is 53.9 cm³/mol. The van der Waals surface area contributed by atoms with Crippen LogP contribution in [0.2, 0.25) is 0 Å². The third-order valence-electron chi connectivity index (χ3n) is 0.190. The third kappa shape index (κ3) is 37.6. The summed E-state index contributed by atoms with van der Waals surface area (Å²) in [6.45, 7) is 0. The van der Waals surface area contributed by atoms with E-state index in [1.807, 2.05) is 0 Å². The van der Waals surface area contributed by atoms with Gasteiger partial charge >= 0.3 is 22.5 Å². The highest BCUT2D eigenvalue weighted by Gasteiger charge is 2.27. The van der Waals surface area contributed by atoms with Gasteiger partial charge < -0.3 is 0 Å². The van der Waals surface area contributed by atoms with E-state index in [-0.39, 0.29) is 0 Å². The first-order valence-electron chi connectivity index (χ1n) is 2.10. The number of hydrogen-bond acceptors (Lipinski definition) is 5. The van der Waals surface area contributed by atoms with Gasteiger partial charge in [-0.2, -0.15) is 8.42 Å². The van der Waals surface area contributed by atoms with Crippen LogP contribution in [-0.2, 0) is 23.8 Å². The van der Waals surface area contributed by atoms with Gasteiger partial charge in [0.15, 0.2) is 0 Å². The van der Waals surface area contributed by atoms with Crippen molar-refractivity contribution in [2.24, 2.45) is 0 Å². The van der Waals surface area contributed by atoms with Gasteiger partial charge in [0.05, 0.1) is 0 Å². The predicted octanol–water partition coefficient (Wildman–Crippen LogP) is 3.52. The molecule has 0 bridgehead atoms. The van der Waals surface area contributed by atoms with Crippen molar-refractivity contribution < 1.29 is 31.0 Å². The van der Waals surface area contributed by atoms with Gasteiger partial charge in [0.1, 0.15) is 0 Å². The van der Waals surface area contributed by atoms with E-state index in [4.69, 9.17) is 62.5 Å². The fraction of sp³-hybridized carbons (Fsp3) is 0. The summed E-state index contributed by atoms with van der Waals surface area (Å²) in [7, 11) is -4.67. The van der Waals surface area contributed by atoms with Crippen LogP contribution in [0.4, 0.5) is 0 Å². The minimum atomic E-state index is -4.67. The lowest BCUT2D eigenvalue weighted by molar-refractivity contribution is 0.381. The van der Waals surface area contributed by atoms with Crippen LogP contribution in [0.1, 0.15) is 0 Å². The average Bonchev–Trinajstić information content (AvgIpc) is 1.42. The monoisotopic (exact) mass is 348 g/mol. The number of halogens is 4. The molecule has 0 aliphatic heterocycles. The molecule has 0 unspecified atom stereocenters. The first-order valence-corrected chi connectivity index (χ1v) is 10.4. The van der Waals surface area contributed by atoms with Gasteiger partial charge in [-0.1, -0.05) is 0 Å². The molecule has 0 aliphatic carbocycles. The molecule has 14 heavy (non-hydrogen) atoms. The fourth-order valence-corrected chi connectivity index (χ4v) is 5.26. The highest BCUT2D eigenvalue weighted by molar-refractivity contribution is 8.15. The molecule has 0 atom stereocenters. The van der Waals surface area contributed by atoms with E-state index in [2.05, 4.69) is 4.31 Å². The average molecular weight is 350 g/mol. The molecule has 0 amide bonds. The summed E-state index contributed by atoms with van der Waals surface area (Å²) in [5.74, 6) is 0. The molecule has 0 aliphatic rings. The normalized spacial score (nSPS) is 13.0. The lowest BCUT2D eigenvalue weighted by atomic mass is 15.8. The number of hydrogen-bond donors (Lipinski definition) is 2. The van der Waals surface area contributed by atoms with Gasteiger partial charge in [0.2, 0.25) is 0 Å². The maximum atomic E-state index is 10.2. The molecular weight excluding hydrogens is 348 g/mol. The summed E-state index contributed by atoms with van der Waals surface area (Å²) < 4.78 is 55.8. The Labute approximate surface area is 98.3 Å². The van der Waals surface area contributed by atoms with Crippen molar-refractivity contribution in [1.29, 1.82) is 0 Å². The summed E-state index contributed by atoms with van der Waals surface area (Å²) in [4.78, 5) is 0. The first-order chi connectivity index (χ1) is 5.71. The van der Waals surface area contributed by atoms with Crippen LogP contribution >= 0.6 is 57.1 Å². The molecule has 7 nitrogen and oxygen atoms in total. The molecule has 0 fully saturated rings. The van der Waals surface area contributed by atoms with Gasteiger partial charge in [-0.15, -0.1) is 0 Å². The van der Waals surface area contributed by atoms with Crippen molar-refractivity contribution in [3.63, 3.8) is 0 Å². The SMILES string of the molecule is O=P(Cl)(Cl)OP(=O)(Cl)Cl.O=S(=O)(O)O. The Morgan fingerprint density at radius 1 is 0.929 bits per heavy atom. The van der Waals surface area contributed by atoms with E-state index in [0.29, 0.717) is 0 Å². The lowest BCUT2D eigenvalue weighted by Gasteiger charge is -2.01. The minimum Gasteiger partial charge on any atom is -0.264 e. The standard InChI is InChI=1S/Cl4O3P2.H2O4S/c1-8(2,5)7-9(3,4)6;1-5(2,3)4/h;(H2,1,2,3,4). The molecule has 0 radical (unpaired) electrons.